The number of ether oxygens (including phenoxy) is 2. The fraction of sp³-hybridized carbons (Fsp3) is 0.368. The Morgan fingerprint density at radius 3 is 2.64 bits per heavy atom. The predicted octanol–water partition coefficient (Wildman–Crippen LogP) is 3.87. The minimum atomic E-state index is -0.366. The van der Waals surface area contributed by atoms with Gasteiger partial charge < -0.3 is 9.47 Å². The molecule has 132 valence electrons. The van der Waals surface area contributed by atoms with Gasteiger partial charge in [-0.1, -0.05) is 30.3 Å². The molecule has 0 saturated carbocycles. The van der Waals surface area contributed by atoms with E-state index in [1.165, 1.54) is 11.6 Å². The molecule has 1 aliphatic heterocycles. The summed E-state index contributed by atoms with van der Waals surface area (Å²) in [6.45, 7) is 6.11. The van der Waals surface area contributed by atoms with Crippen molar-refractivity contribution in [1.82, 2.24) is 4.90 Å². The van der Waals surface area contributed by atoms with Gasteiger partial charge in [-0.2, -0.15) is 0 Å². The Balaban J connectivity index is 1.90. The van der Waals surface area contributed by atoms with Crippen molar-refractivity contribution >= 4 is 5.69 Å². The Hall–Kier alpha value is -2.44. The van der Waals surface area contributed by atoms with Crippen LogP contribution in [0.5, 0.6) is 5.75 Å². The third-order valence-corrected chi connectivity index (χ3v) is 4.31. The summed E-state index contributed by atoms with van der Waals surface area (Å²) in [5.74, 6) is 0.718. The van der Waals surface area contributed by atoms with Gasteiger partial charge in [-0.3, -0.25) is 15.0 Å². The highest BCUT2D eigenvalue weighted by Gasteiger charge is 2.23. The van der Waals surface area contributed by atoms with Crippen LogP contribution in [0.15, 0.2) is 42.5 Å². The average molecular weight is 342 g/mol. The van der Waals surface area contributed by atoms with Crippen molar-refractivity contribution in [2.45, 2.75) is 39.6 Å². The average Bonchev–Trinajstić information content (AvgIpc) is 2.61. The van der Waals surface area contributed by atoms with Crippen molar-refractivity contribution in [3.63, 3.8) is 0 Å². The topological polar surface area (TPSA) is 64.8 Å². The molecule has 2 aromatic carbocycles. The lowest BCUT2D eigenvalue weighted by atomic mass is 10.1. The molecule has 0 N–H and O–H groups in total. The fourth-order valence-corrected chi connectivity index (χ4v) is 2.96. The van der Waals surface area contributed by atoms with Crippen LogP contribution in [0.2, 0.25) is 0 Å². The van der Waals surface area contributed by atoms with Crippen LogP contribution in [0.3, 0.4) is 0 Å². The number of nitro groups is 1. The number of hydrogen-bond acceptors (Lipinski definition) is 5. The highest BCUT2D eigenvalue weighted by Crippen LogP contribution is 2.34. The summed E-state index contributed by atoms with van der Waals surface area (Å²) >= 11 is 0. The molecule has 0 atom stereocenters. The zero-order valence-corrected chi connectivity index (χ0v) is 14.5. The SMILES string of the molecule is CC(C)N(Cc1ccccc1)Cc1cc([N+](=O)[O-])cc2c1OCOC2. The zero-order chi connectivity index (χ0) is 17.8. The second-order valence-corrected chi connectivity index (χ2v) is 6.45. The third-order valence-electron chi connectivity index (χ3n) is 4.31. The van der Waals surface area contributed by atoms with Gasteiger partial charge in [0.25, 0.3) is 5.69 Å². The van der Waals surface area contributed by atoms with E-state index in [1.807, 2.05) is 18.2 Å². The lowest BCUT2D eigenvalue weighted by Crippen LogP contribution is -2.30. The molecular weight excluding hydrogens is 320 g/mol. The van der Waals surface area contributed by atoms with Crippen LogP contribution in [0.4, 0.5) is 5.69 Å². The molecule has 3 rings (SSSR count). The molecular formula is C19H22N2O4. The summed E-state index contributed by atoms with van der Waals surface area (Å²) in [5, 5.41) is 11.3. The molecule has 0 radical (unpaired) electrons. The van der Waals surface area contributed by atoms with Gasteiger partial charge in [0, 0.05) is 42.4 Å². The predicted molar refractivity (Wildman–Crippen MR) is 94.2 cm³/mol. The number of non-ortho nitro benzene ring substituents is 1. The molecule has 0 amide bonds. The first kappa shape index (κ1) is 17.4. The van der Waals surface area contributed by atoms with Gasteiger partial charge in [0.05, 0.1) is 11.5 Å². The molecule has 0 bridgehead atoms. The smallest absolute Gasteiger partial charge is 0.270 e. The monoisotopic (exact) mass is 342 g/mol. The Bertz CT molecular complexity index is 747. The Morgan fingerprint density at radius 1 is 1.20 bits per heavy atom. The first-order valence-corrected chi connectivity index (χ1v) is 8.33. The number of fused-ring (bicyclic) bond motifs is 1. The number of nitrogens with zero attached hydrogens (tertiary/aromatic N) is 2. The van der Waals surface area contributed by atoms with Gasteiger partial charge in [-0.25, -0.2) is 0 Å². The van der Waals surface area contributed by atoms with E-state index in [0.29, 0.717) is 13.2 Å². The molecule has 0 aromatic heterocycles. The van der Waals surface area contributed by atoms with Crippen LogP contribution in [0, 0.1) is 10.1 Å². The van der Waals surface area contributed by atoms with Crippen LogP contribution < -0.4 is 4.74 Å². The maximum absolute atomic E-state index is 11.3. The van der Waals surface area contributed by atoms with E-state index < -0.39 is 0 Å². The van der Waals surface area contributed by atoms with E-state index in [9.17, 15) is 10.1 Å². The third kappa shape index (κ3) is 4.15. The molecule has 0 fully saturated rings. The number of hydrogen-bond donors (Lipinski definition) is 0. The van der Waals surface area contributed by atoms with E-state index in [0.717, 1.165) is 23.4 Å². The summed E-state index contributed by atoms with van der Waals surface area (Å²) in [6.07, 6.45) is 0. The Labute approximate surface area is 147 Å². The molecule has 0 aliphatic carbocycles. The fourth-order valence-electron chi connectivity index (χ4n) is 2.96. The standard InChI is InChI=1S/C19H22N2O4/c1-14(2)20(10-15-6-4-3-5-7-15)11-16-8-18(21(22)23)9-17-12-24-13-25-19(16)17/h3-9,14H,10-13H2,1-2H3. The number of benzene rings is 2. The first-order chi connectivity index (χ1) is 12.0. The lowest BCUT2D eigenvalue weighted by molar-refractivity contribution is -0.385. The molecule has 0 unspecified atom stereocenters. The van der Waals surface area contributed by atoms with Gasteiger partial charge in [0.1, 0.15) is 5.75 Å². The summed E-state index contributed by atoms with van der Waals surface area (Å²) in [5.41, 5.74) is 2.85. The quantitative estimate of drug-likeness (QED) is 0.589. The van der Waals surface area contributed by atoms with Crippen LogP contribution in [0.1, 0.15) is 30.5 Å². The van der Waals surface area contributed by atoms with Crippen LogP contribution in [-0.2, 0) is 24.4 Å². The van der Waals surface area contributed by atoms with Gasteiger partial charge in [0.2, 0.25) is 0 Å². The minimum absolute atomic E-state index is 0.0752. The summed E-state index contributed by atoms with van der Waals surface area (Å²) in [6, 6.07) is 13.6. The largest absolute Gasteiger partial charge is 0.467 e. The van der Waals surface area contributed by atoms with Gasteiger partial charge in [-0.05, 0) is 19.4 Å². The summed E-state index contributed by atoms with van der Waals surface area (Å²) < 4.78 is 10.9. The van der Waals surface area contributed by atoms with Gasteiger partial charge in [0.15, 0.2) is 6.79 Å². The van der Waals surface area contributed by atoms with Gasteiger partial charge >= 0.3 is 0 Å². The Morgan fingerprint density at radius 2 is 1.96 bits per heavy atom. The molecule has 0 saturated heterocycles. The second-order valence-electron chi connectivity index (χ2n) is 6.45. The van der Waals surface area contributed by atoms with E-state index in [-0.39, 0.29) is 23.4 Å². The van der Waals surface area contributed by atoms with Gasteiger partial charge in [-0.15, -0.1) is 0 Å². The van der Waals surface area contributed by atoms with E-state index >= 15 is 0 Å². The molecule has 1 heterocycles. The molecule has 1 aliphatic rings. The normalized spacial score (nSPS) is 13.6. The lowest BCUT2D eigenvalue weighted by Gasteiger charge is -2.29. The molecule has 25 heavy (non-hydrogen) atoms. The van der Waals surface area contributed by atoms with Crippen molar-refractivity contribution in [2.24, 2.45) is 0 Å². The number of rotatable bonds is 6. The minimum Gasteiger partial charge on any atom is -0.467 e. The van der Waals surface area contributed by atoms with Crippen LogP contribution >= 0.6 is 0 Å². The highest BCUT2D eigenvalue weighted by molar-refractivity contribution is 5.50. The van der Waals surface area contributed by atoms with Crippen molar-refractivity contribution in [3.05, 3.63) is 69.3 Å². The Kier molecular flexibility index (Phi) is 5.31. The summed E-state index contributed by atoms with van der Waals surface area (Å²) in [7, 11) is 0. The van der Waals surface area contributed by atoms with E-state index in [2.05, 4.69) is 30.9 Å². The zero-order valence-electron chi connectivity index (χ0n) is 14.5. The molecule has 2 aromatic rings. The number of nitro benzene ring substituents is 1. The maximum atomic E-state index is 11.3. The summed E-state index contributed by atoms with van der Waals surface area (Å²) in [4.78, 5) is 13.2. The van der Waals surface area contributed by atoms with Crippen molar-refractivity contribution in [1.29, 1.82) is 0 Å². The maximum Gasteiger partial charge on any atom is 0.270 e. The van der Waals surface area contributed by atoms with Crippen molar-refractivity contribution in [2.75, 3.05) is 6.79 Å². The second kappa shape index (κ2) is 7.63. The molecule has 6 heteroatoms. The van der Waals surface area contributed by atoms with E-state index in [4.69, 9.17) is 9.47 Å². The van der Waals surface area contributed by atoms with Crippen molar-refractivity contribution in [3.8, 4) is 5.75 Å². The van der Waals surface area contributed by atoms with Crippen LogP contribution in [0.25, 0.3) is 0 Å². The first-order valence-electron chi connectivity index (χ1n) is 8.33. The highest BCUT2D eigenvalue weighted by atomic mass is 16.7. The van der Waals surface area contributed by atoms with Crippen LogP contribution in [-0.4, -0.2) is 22.7 Å². The molecule has 0 spiro atoms. The van der Waals surface area contributed by atoms with E-state index in [1.54, 1.807) is 6.07 Å². The van der Waals surface area contributed by atoms with Crippen molar-refractivity contribution < 1.29 is 14.4 Å². The molecule has 6 nitrogen and oxygen atoms in total.